The number of rotatable bonds is 6. The summed E-state index contributed by atoms with van der Waals surface area (Å²) in [5.41, 5.74) is -0.704. The van der Waals surface area contributed by atoms with Gasteiger partial charge >= 0.3 is 5.97 Å². The summed E-state index contributed by atoms with van der Waals surface area (Å²) in [5.74, 6) is -1.57. The number of non-ortho nitro benzene ring substituents is 1. The minimum absolute atomic E-state index is 0.134. The molecule has 0 aliphatic carbocycles. The zero-order chi connectivity index (χ0) is 19.5. The first-order chi connectivity index (χ1) is 12.2. The molecule has 2 aromatic carbocycles. The lowest BCUT2D eigenvalue weighted by Gasteiger charge is -2.24. The van der Waals surface area contributed by atoms with E-state index in [1.165, 1.54) is 0 Å². The number of anilines is 1. The quantitative estimate of drug-likeness (QED) is 0.417. The molecule has 0 heterocycles. The highest BCUT2D eigenvalue weighted by Gasteiger charge is 2.30. The van der Waals surface area contributed by atoms with E-state index >= 15 is 0 Å². The second-order valence-corrected chi connectivity index (χ2v) is 7.20. The molecule has 0 saturated carbocycles. The number of nitro benzene ring substituents is 1. The Morgan fingerprint density at radius 3 is 2.42 bits per heavy atom. The van der Waals surface area contributed by atoms with Crippen LogP contribution in [-0.2, 0) is 19.6 Å². The van der Waals surface area contributed by atoms with Crippen LogP contribution in [0.2, 0.25) is 5.02 Å². The second-order valence-electron chi connectivity index (χ2n) is 4.93. The Bertz CT molecular complexity index is 949. The van der Waals surface area contributed by atoms with E-state index in [0.717, 1.165) is 49.6 Å². The largest absolute Gasteiger partial charge is 0.468 e. The number of ether oxygens (including phenoxy) is 1. The van der Waals surface area contributed by atoms with Crippen LogP contribution in [0.4, 0.5) is 15.8 Å². The van der Waals surface area contributed by atoms with Gasteiger partial charge in [-0.3, -0.25) is 19.2 Å². The maximum absolute atomic E-state index is 13.1. The molecule has 0 spiro atoms. The average molecular weight is 403 g/mol. The summed E-state index contributed by atoms with van der Waals surface area (Å²) in [6, 6.07) is 7.01. The van der Waals surface area contributed by atoms with Gasteiger partial charge in [0.2, 0.25) is 0 Å². The van der Waals surface area contributed by atoms with Crippen molar-refractivity contribution < 1.29 is 27.3 Å². The van der Waals surface area contributed by atoms with Gasteiger partial charge in [-0.2, -0.15) is 0 Å². The van der Waals surface area contributed by atoms with E-state index < -0.39 is 39.0 Å². The van der Waals surface area contributed by atoms with Gasteiger partial charge in [0.05, 0.1) is 27.6 Å². The predicted octanol–water partition coefficient (Wildman–Crippen LogP) is 2.76. The molecule has 0 aliphatic heterocycles. The zero-order valence-corrected chi connectivity index (χ0v) is 14.8. The van der Waals surface area contributed by atoms with Crippen LogP contribution in [0.15, 0.2) is 47.4 Å². The van der Waals surface area contributed by atoms with E-state index in [4.69, 9.17) is 11.6 Å². The monoisotopic (exact) mass is 402 g/mol. The number of carbonyl (C=O) groups excluding carboxylic acids is 1. The molecule has 0 bridgehead atoms. The zero-order valence-electron chi connectivity index (χ0n) is 13.3. The fourth-order valence-electron chi connectivity index (χ4n) is 2.02. The number of nitrogens with zero attached hydrogens (tertiary/aromatic N) is 2. The Morgan fingerprint density at radius 2 is 1.88 bits per heavy atom. The van der Waals surface area contributed by atoms with Crippen LogP contribution in [0, 0.1) is 15.9 Å². The molecule has 0 amide bonds. The van der Waals surface area contributed by atoms with Crippen molar-refractivity contribution in [3.63, 3.8) is 0 Å². The number of benzene rings is 2. The summed E-state index contributed by atoms with van der Waals surface area (Å²) in [5, 5.41) is 10.8. The summed E-state index contributed by atoms with van der Waals surface area (Å²) >= 11 is 6.00. The van der Waals surface area contributed by atoms with E-state index in [0.29, 0.717) is 4.31 Å². The van der Waals surface area contributed by atoms with Crippen molar-refractivity contribution >= 4 is 39.0 Å². The van der Waals surface area contributed by atoms with Crippen LogP contribution >= 0.6 is 11.6 Å². The second kappa shape index (κ2) is 7.67. The van der Waals surface area contributed by atoms with Gasteiger partial charge in [-0.25, -0.2) is 12.8 Å². The third-order valence-corrected chi connectivity index (χ3v) is 5.40. The molecular weight excluding hydrogens is 391 g/mol. The smallest absolute Gasteiger partial charge is 0.326 e. The molecule has 0 fully saturated rings. The van der Waals surface area contributed by atoms with E-state index in [1.807, 2.05) is 0 Å². The summed E-state index contributed by atoms with van der Waals surface area (Å²) < 4.78 is 43.9. The van der Waals surface area contributed by atoms with Crippen LogP contribution in [0.25, 0.3) is 0 Å². The first kappa shape index (κ1) is 19.6. The summed E-state index contributed by atoms with van der Waals surface area (Å²) in [4.78, 5) is 21.6. The van der Waals surface area contributed by atoms with E-state index in [-0.39, 0.29) is 15.6 Å². The number of hydrogen-bond donors (Lipinski definition) is 0. The molecule has 0 aromatic heterocycles. The van der Waals surface area contributed by atoms with Gasteiger partial charge in [0.25, 0.3) is 15.7 Å². The van der Waals surface area contributed by atoms with E-state index in [9.17, 15) is 27.7 Å². The fraction of sp³-hybridized carbons (Fsp3) is 0.133. The van der Waals surface area contributed by atoms with Crippen molar-refractivity contribution in [2.75, 3.05) is 18.0 Å². The number of nitro groups is 1. The summed E-state index contributed by atoms with van der Waals surface area (Å²) in [6.07, 6.45) is 0. The van der Waals surface area contributed by atoms with Gasteiger partial charge in [0, 0.05) is 12.1 Å². The lowest BCUT2D eigenvalue weighted by Crippen LogP contribution is -2.36. The normalized spacial score (nSPS) is 11.0. The molecule has 0 N–H and O–H groups in total. The van der Waals surface area contributed by atoms with Crippen molar-refractivity contribution in [3.05, 3.63) is 63.4 Å². The number of methoxy groups -OCH3 is 1. The first-order valence-corrected chi connectivity index (χ1v) is 8.77. The van der Waals surface area contributed by atoms with Gasteiger partial charge in [0.1, 0.15) is 12.4 Å². The Labute approximate surface area is 153 Å². The third-order valence-electron chi connectivity index (χ3n) is 3.31. The summed E-state index contributed by atoms with van der Waals surface area (Å²) in [7, 11) is -3.33. The molecule has 138 valence electrons. The average Bonchev–Trinajstić information content (AvgIpc) is 2.60. The van der Waals surface area contributed by atoms with Gasteiger partial charge in [-0.05, 0) is 30.3 Å². The Balaban J connectivity index is 2.64. The minimum Gasteiger partial charge on any atom is -0.468 e. The van der Waals surface area contributed by atoms with E-state index in [1.54, 1.807) is 0 Å². The first-order valence-electron chi connectivity index (χ1n) is 6.96. The molecule has 0 radical (unpaired) electrons. The molecule has 0 atom stereocenters. The topological polar surface area (TPSA) is 107 Å². The van der Waals surface area contributed by atoms with Crippen LogP contribution < -0.4 is 4.31 Å². The van der Waals surface area contributed by atoms with Crippen LogP contribution in [-0.4, -0.2) is 33.0 Å². The highest BCUT2D eigenvalue weighted by molar-refractivity contribution is 7.92. The van der Waals surface area contributed by atoms with Crippen molar-refractivity contribution in [3.8, 4) is 0 Å². The molecule has 0 unspecified atom stereocenters. The number of sulfonamides is 1. The highest BCUT2D eigenvalue weighted by Crippen LogP contribution is 2.33. The van der Waals surface area contributed by atoms with Crippen molar-refractivity contribution in [1.29, 1.82) is 0 Å². The number of esters is 1. The molecule has 0 saturated heterocycles. The van der Waals surface area contributed by atoms with Crippen molar-refractivity contribution in [1.82, 2.24) is 0 Å². The van der Waals surface area contributed by atoms with Crippen molar-refractivity contribution in [2.45, 2.75) is 4.90 Å². The standard InChI is InChI=1S/C15H12ClFN2O6S/c1-25-15(20)9-18(14-8-11(19(21)22)4-7-13(14)16)26(23,24)12-5-2-10(17)3-6-12/h2-8H,9H2,1H3. The van der Waals surface area contributed by atoms with Crippen LogP contribution in [0.3, 0.4) is 0 Å². The van der Waals surface area contributed by atoms with Gasteiger partial charge in [-0.15, -0.1) is 0 Å². The molecular formula is C15H12ClFN2O6S. The molecule has 2 rings (SSSR count). The Morgan fingerprint density at radius 1 is 1.27 bits per heavy atom. The lowest BCUT2D eigenvalue weighted by molar-refractivity contribution is -0.384. The SMILES string of the molecule is COC(=O)CN(c1cc([N+](=O)[O-])ccc1Cl)S(=O)(=O)c1ccc(F)cc1. The molecule has 2 aromatic rings. The summed E-state index contributed by atoms with van der Waals surface area (Å²) in [6.45, 7) is -0.781. The third kappa shape index (κ3) is 4.09. The van der Waals surface area contributed by atoms with Crippen LogP contribution in [0.1, 0.15) is 0 Å². The highest BCUT2D eigenvalue weighted by atomic mass is 35.5. The molecule has 26 heavy (non-hydrogen) atoms. The lowest BCUT2D eigenvalue weighted by atomic mass is 10.3. The molecule has 11 heteroatoms. The maximum atomic E-state index is 13.1. The Hall–Kier alpha value is -2.72. The molecule has 0 aliphatic rings. The minimum atomic E-state index is -4.38. The predicted molar refractivity (Wildman–Crippen MR) is 91.1 cm³/mol. The molecule has 8 nitrogen and oxygen atoms in total. The maximum Gasteiger partial charge on any atom is 0.326 e. The Kier molecular flexibility index (Phi) is 5.78. The number of halogens is 2. The van der Waals surface area contributed by atoms with Gasteiger partial charge in [-0.1, -0.05) is 11.6 Å². The fourth-order valence-corrected chi connectivity index (χ4v) is 3.71. The number of carbonyl (C=O) groups is 1. The van der Waals surface area contributed by atoms with E-state index in [2.05, 4.69) is 4.74 Å². The van der Waals surface area contributed by atoms with Crippen molar-refractivity contribution in [2.24, 2.45) is 0 Å². The van der Waals surface area contributed by atoms with Gasteiger partial charge < -0.3 is 4.74 Å². The van der Waals surface area contributed by atoms with Crippen LogP contribution in [0.5, 0.6) is 0 Å². The number of hydrogen-bond acceptors (Lipinski definition) is 6. The van der Waals surface area contributed by atoms with Gasteiger partial charge in [0.15, 0.2) is 0 Å².